The van der Waals surface area contributed by atoms with Crippen molar-refractivity contribution in [2.45, 2.75) is 13.0 Å². The highest BCUT2D eigenvalue weighted by molar-refractivity contribution is 9.10. The highest BCUT2D eigenvalue weighted by Crippen LogP contribution is 2.11. The van der Waals surface area contributed by atoms with Gasteiger partial charge in [-0.25, -0.2) is 0 Å². The number of hydrogen-bond acceptors (Lipinski definition) is 3. The Morgan fingerprint density at radius 1 is 1.59 bits per heavy atom. The molecular weight excluding hydrogens is 348 g/mol. The fourth-order valence-corrected chi connectivity index (χ4v) is 2.60. The molecule has 1 unspecified atom stereocenters. The summed E-state index contributed by atoms with van der Waals surface area (Å²) in [5.74, 6) is 0.391. The number of guanidine groups is 1. The van der Waals surface area contributed by atoms with Gasteiger partial charge in [-0.05, 0) is 25.1 Å². The highest BCUT2D eigenvalue weighted by atomic mass is 79.9. The normalized spacial score (nSPS) is 19.1. The smallest absolute Gasteiger partial charge is 0.251 e. The van der Waals surface area contributed by atoms with Crippen molar-refractivity contribution in [2.75, 3.05) is 32.8 Å². The van der Waals surface area contributed by atoms with Gasteiger partial charge in [0.25, 0.3) is 5.91 Å². The molecule has 120 valence electrons. The SMILES string of the molecule is CC1CN(C(N)=NCCNC(=O)c2cccc(Br)c2)CCO1. The van der Waals surface area contributed by atoms with Gasteiger partial charge in [0.2, 0.25) is 0 Å². The summed E-state index contributed by atoms with van der Waals surface area (Å²) in [6, 6.07) is 7.26. The molecule has 0 bridgehead atoms. The predicted molar refractivity (Wildman–Crippen MR) is 90.0 cm³/mol. The second kappa shape index (κ2) is 8.14. The van der Waals surface area contributed by atoms with E-state index >= 15 is 0 Å². The van der Waals surface area contributed by atoms with E-state index in [2.05, 4.69) is 26.2 Å². The van der Waals surface area contributed by atoms with Crippen LogP contribution in [0, 0.1) is 0 Å². The first-order chi connectivity index (χ1) is 10.6. The third-order valence-electron chi connectivity index (χ3n) is 3.32. The van der Waals surface area contributed by atoms with E-state index in [1.807, 2.05) is 24.0 Å². The first-order valence-electron chi connectivity index (χ1n) is 7.26. The Kier molecular flexibility index (Phi) is 6.21. The monoisotopic (exact) mass is 368 g/mol. The van der Waals surface area contributed by atoms with Gasteiger partial charge < -0.3 is 20.7 Å². The Labute approximate surface area is 138 Å². The van der Waals surface area contributed by atoms with Crippen LogP contribution < -0.4 is 11.1 Å². The van der Waals surface area contributed by atoms with E-state index in [1.165, 1.54) is 0 Å². The second-order valence-electron chi connectivity index (χ2n) is 5.13. The molecule has 1 amide bonds. The van der Waals surface area contributed by atoms with Crippen LogP contribution in [0.4, 0.5) is 0 Å². The number of nitrogens with zero attached hydrogens (tertiary/aromatic N) is 2. The first-order valence-corrected chi connectivity index (χ1v) is 8.06. The molecule has 1 aromatic carbocycles. The Hall–Kier alpha value is -1.60. The van der Waals surface area contributed by atoms with Crippen LogP contribution in [0.15, 0.2) is 33.7 Å². The summed E-state index contributed by atoms with van der Waals surface area (Å²) < 4.78 is 6.34. The summed E-state index contributed by atoms with van der Waals surface area (Å²) in [6.45, 7) is 5.09. The van der Waals surface area contributed by atoms with E-state index in [0.717, 1.165) is 17.6 Å². The lowest BCUT2D eigenvalue weighted by atomic mass is 10.2. The van der Waals surface area contributed by atoms with Crippen molar-refractivity contribution in [3.63, 3.8) is 0 Å². The van der Waals surface area contributed by atoms with Crippen molar-refractivity contribution in [1.29, 1.82) is 0 Å². The van der Waals surface area contributed by atoms with Gasteiger partial charge >= 0.3 is 0 Å². The van der Waals surface area contributed by atoms with Crippen LogP contribution in [0.3, 0.4) is 0 Å². The molecule has 1 fully saturated rings. The maximum atomic E-state index is 11.9. The molecule has 2 rings (SSSR count). The first kappa shape index (κ1) is 16.8. The van der Waals surface area contributed by atoms with Gasteiger partial charge in [0.15, 0.2) is 5.96 Å². The molecule has 1 aliphatic heterocycles. The van der Waals surface area contributed by atoms with Crippen LogP contribution in [0.5, 0.6) is 0 Å². The zero-order valence-corrected chi connectivity index (χ0v) is 14.2. The number of nitrogens with two attached hydrogens (primary N) is 1. The summed E-state index contributed by atoms with van der Waals surface area (Å²) in [5, 5.41) is 2.83. The molecule has 1 heterocycles. The van der Waals surface area contributed by atoms with Crippen molar-refractivity contribution < 1.29 is 9.53 Å². The van der Waals surface area contributed by atoms with E-state index in [4.69, 9.17) is 10.5 Å². The van der Waals surface area contributed by atoms with Gasteiger partial charge in [-0.2, -0.15) is 0 Å². The van der Waals surface area contributed by atoms with Crippen LogP contribution in [0.25, 0.3) is 0 Å². The van der Waals surface area contributed by atoms with E-state index in [0.29, 0.717) is 31.2 Å². The molecule has 0 aromatic heterocycles. The van der Waals surface area contributed by atoms with Crippen LogP contribution in [-0.2, 0) is 4.74 Å². The van der Waals surface area contributed by atoms with Crippen LogP contribution in [-0.4, -0.2) is 55.7 Å². The van der Waals surface area contributed by atoms with Gasteiger partial charge in [0.05, 0.1) is 19.3 Å². The average molecular weight is 369 g/mol. The van der Waals surface area contributed by atoms with Crippen molar-refractivity contribution in [3.8, 4) is 0 Å². The Bertz CT molecular complexity index is 550. The standard InChI is InChI=1S/C15H21BrN4O2/c1-11-10-20(7-8-22-11)15(17)19-6-5-18-14(21)12-3-2-4-13(16)9-12/h2-4,9,11H,5-8,10H2,1H3,(H2,17,19)(H,18,21). The lowest BCUT2D eigenvalue weighted by Crippen LogP contribution is -2.48. The minimum atomic E-state index is -0.116. The van der Waals surface area contributed by atoms with Crippen molar-refractivity contribution in [3.05, 3.63) is 34.3 Å². The highest BCUT2D eigenvalue weighted by Gasteiger charge is 2.17. The molecule has 0 radical (unpaired) electrons. The van der Waals surface area contributed by atoms with Gasteiger partial charge in [-0.15, -0.1) is 0 Å². The van der Waals surface area contributed by atoms with Crippen molar-refractivity contribution >= 4 is 27.8 Å². The lowest BCUT2D eigenvalue weighted by Gasteiger charge is -2.31. The average Bonchev–Trinajstić information content (AvgIpc) is 2.51. The fourth-order valence-electron chi connectivity index (χ4n) is 2.20. The Balaban J connectivity index is 1.76. The van der Waals surface area contributed by atoms with Gasteiger partial charge in [0.1, 0.15) is 0 Å². The van der Waals surface area contributed by atoms with Gasteiger partial charge in [0, 0.05) is 29.7 Å². The molecule has 0 aliphatic carbocycles. The number of amides is 1. The summed E-state index contributed by atoms with van der Waals surface area (Å²) in [4.78, 5) is 18.3. The number of rotatable bonds is 4. The number of aliphatic imine (C=N–C) groups is 1. The van der Waals surface area contributed by atoms with Crippen molar-refractivity contribution in [1.82, 2.24) is 10.2 Å². The molecule has 7 heteroatoms. The third kappa shape index (κ3) is 4.99. The molecule has 1 saturated heterocycles. The molecule has 3 N–H and O–H groups in total. The van der Waals surface area contributed by atoms with Crippen LogP contribution in [0.2, 0.25) is 0 Å². The predicted octanol–water partition coefficient (Wildman–Crippen LogP) is 1.21. The summed E-state index contributed by atoms with van der Waals surface area (Å²) in [5.41, 5.74) is 6.58. The van der Waals surface area contributed by atoms with Gasteiger partial charge in [-0.1, -0.05) is 22.0 Å². The fraction of sp³-hybridized carbons (Fsp3) is 0.467. The summed E-state index contributed by atoms with van der Waals surface area (Å²) in [6.07, 6.45) is 0.165. The minimum Gasteiger partial charge on any atom is -0.375 e. The third-order valence-corrected chi connectivity index (χ3v) is 3.82. The van der Waals surface area contributed by atoms with E-state index < -0.39 is 0 Å². The number of benzene rings is 1. The molecule has 1 atom stereocenters. The number of nitrogens with one attached hydrogen (secondary N) is 1. The molecule has 1 aliphatic rings. The molecular formula is C15H21BrN4O2. The van der Waals surface area contributed by atoms with E-state index in [-0.39, 0.29) is 12.0 Å². The Morgan fingerprint density at radius 2 is 2.41 bits per heavy atom. The van der Waals surface area contributed by atoms with E-state index in [9.17, 15) is 4.79 Å². The number of morpholine rings is 1. The molecule has 0 spiro atoms. The Morgan fingerprint density at radius 3 is 3.14 bits per heavy atom. The summed E-state index contributed by atoms with van der Waals surface area (Å²) >= 11 is 3.35. The number of carbonyl (C=O) groups is 1. The maximum Gasteiger partial charge on any atom is 0.251 e. The quantitative estimate of drug-likeness (QED) is 0.475. The number of hydrogen-bond donors (Lipinski definition) is 2. The van der Waals surface area contributed by atoms with E-state index in [1.54, 1.807) is 12.1 Å². The van der Waals surface area contributed by atoms with Crippen LogP contribution >= 0.6 is 15.9 Å². The van der Waals surface area contributed by atoms with Gasteiger partial charge in [-0.3, -0.25) is 9.79 Å². The topological polar surface area (TPSA) is 80.0 Å². The van der Waals surface area contributed by atoms with Crippen molar-refractivity contribution in [2.24, 2.45) is 10.7 Å². The maximum absolute atomic E-state index is 11.9. The molecule has 1 aromatic rings. The lowest BCUT2D eigenvalue weighted by molar-refractivity contribution is 0.00530. The summed E-state index contributed by atoms with van der Waals surface area (Å²) in [7, 11) is 0. The largest absolute Gasteiger partial charge is 0.375 e. The minimum absolute atomic E-state index is 0.116. The van der Waals surface area contributed by atoms with Crippen LogP contribution in [0.1, 0.15) is 17.3 Å². The number of carbonyl (C=O) groups excluding carboxylic acids is 1. The molecule has 22 heavy (non-hydrogen) atoms. The molecule has 0 saturated carbocycles. The number of ether oxygens (including phenoxy) is 1. The second-order valence-corrected chi connectivity index (χ2v) is 6.05. The zero-order chi connectivity index (χ0) is 15.9. The molecule has 6 nitrogen and oxygen atoms in total. The zero-order valence-electron chi connectivity index (χ0n) is 12.6. The number of halogens is 1.